The van der Waals surface area contributed by atoms with E-state index in [2.05, 4.69) is 0 Å². The molecule has 11 heavy (non-hydrogen) atoms. The molecule has 0 atom stereocenters. The maximum atomic E-state index is 9.28. The van der Waals surface area contributed by atoms with E-state index in [0.717, 1.165) is 5.56 Å². The van der Waals surface area contributed by atoms with Gasteiger partial charge in [0.15, 0.2) is 0 Å². The molecule has 0 amide bonds. The molecule has 0 radical (unpaired) electrons. The van der Waals surface area contributed by atoms with Gasteiger partial charge in [0.1, 0.15) is 5.76 Å². The molecular formula is C10H12O. The summed E-state index contributed by atoms with van der Waals surface area (Å²) >= 11 is 0. The summed E-state index contributed by atoms with van der Waals surface area (Å²) in [6.45, 7) is 3.84. The van der Waals surface area contributed by atoms with Crippen LogP contribution in [0.15, 0.2) is 30.3 Å². The second-order valence-electron chi connectivity index (χ2n) is 2.54. The predicted molar refractivity (Wildman–Crippen MR) is 47.5 cm³/mol. The van der Waals surface area contributed by atoms with Gasteiger partial charge in [0.2, 0.25) is 0 Å². The van der Waals surface area contributed by atoms with Gasteiger partial charge in [-0.25, -0.2) is 0 Å². The molecule has 1 heteroatoms. The third kappa shape index (κ3) is 1.84. The molecule has 1 nitrogen and oxygen atoms in total. The maximum absolute atomic E-state index is 9.28. The lowest BCUT2D eigenvalue weighted by atomic mass is 10.1. The zero-order valence-corrected chi connectivity index (χ0v) is 6.83. The topological polar surface area (TPSA) is 20.2 Å². The predicted octanol–water partition coefficient (Wildman–Crippen LogP) is 2.91. The first-order valence-electron chi connectivity index (χ1n) is 3.66. The van der Waals surface area contributed by atoms with Crippen molar-refractivity contribution in [1.29, 1.82) is 0 Å². The lowest BCUT2D eigenvalue weighted by Gasteiger charge is -1.98. The quantitative estimate of drug-likeness (QED) is 0.607. The Hall–Kier alpha value is -1.24. The van der Waals surface area contributed by atoms with Crippen molar-refractivity contribution in [2.75, 3.05) is 0 Å². The number of aliphatic hydroxyl groups excluding tert-OH is 1. The van der Waals surface area contributed by atoms with Crippen LogP contribution in [0.4, 0.5) is 0 Å². The van der Waals surface area contributed by atoms with Crippen molar-refractivity contribution in [1.82, 2.24) is 0 Å². The monoisotopic (exact) mass is 148 g/mol. The van der Waals surface area contributed by atoms with E-state index in [0.29, 0.717) is 5.76 Å². The minimum Gasteiger partial charge on any atom is -0.508 e. The number of hydrogen-bond acceptors (Lipinski definition) is 1. The van der Waals surface area contributed by atoms with Gasteiger partial charge < -0.3 is 5.11 Å². The smallest absolute Gasteiger partial charge is 0.118 e. The second-order valence-corrected chi connectivity index (χ2v) is 2.54. The third-order valence-corrected chi connectivity index (χ3v) is 1.62. The number of aliphatic hydroxyl groups is 1. The number of rotatable bonds is 1. The van der Waals surface area contributed by atoms with E-state index in [9.17, 15) is 5.11 Å². The van der Waals surface area contributed by atoms with Gasteiger partial charge in [-0.1, -0.05) is 29.8 Å². The van der Waals surface area contributed by atoms with Crippen molar-refractivity contribution in [2.24, 2.45) is 0 Å². The summed E-state index contributed by atoms with van der Waals surface area (Å²) in [5.41, 5.74) is 2.08. The summed E-state index contributed by atoms with van der Waals surface area (Å²) in [6, 6.07) is 7.78. The highest BCUT2D eigenvalue weighted by Gasteiger charge is 1.94. The Labute approximate surface area is 67.0 Å². The van der Waals surface area contributed by atoms with E-state index in [4.69, 9.17) is 0 Å². The van der Waals surface area contributed by atoms with Crippen LogP contribution in [0, 0.1) is 6.92 Å². The molecule has 1 aromatic carbocycles. The molecule has 58 valence electrons. The zero-order chi connectivity index (χ0) is 8.27. The molecule has 0 aliphatic heterocycles. The molecule has 1 rings (SSSR count). The lowest BCUT2D eigenvalue weighted by molar-refractivity contribution is 0.511. The van der Waals surface area contributed by atoms with E-state index in [1.165, 1.54) is 5.56 Å². The van der Waals surface area contributed by atoms with E-state index >= 15 is 0 Å². The summed E-state index contributed by atoms with van der Waals surface area (Å²) in [4.78, 5) is 0. The number of aryl methyl sites for hydroxylation is 1. The van der Waals surface area contributed by atoms with Crippen LogP contribution in [-0.2, 0) is 0 Å². The van der Waals surface area contributed by atoms with Crippen molar-refractivity contribution in [2.45, 2.75) is 13.8 Å². The van der Waals surface area contributed by atoms with Crippen molar-refractivity contribution < 1.29 is 5.11 Å². The first-order chi connectivity index (χ1) is 5.24. The van der Waals surface area contributed by atoms with Crippen LogP contribution < -0.4 is 0 Å². The molecule has 0 saturated heterocycles. The standard InChI is InChI=1S/C10H12O/c1-3-10(11)9-6-4-8(2)5-7-9/h3-7,11H,1-2H3. The largest absolute Gasteiger partial charge is 0.508 e. The molecule has 0 fully saturated rings. The van der Waals surface area contributed by atoms with Gasteiger partial charge in [0, 0.05) is 5.56 Å². The molecule has 0 aromatic heterocycles. The molecule has 0 aliphatic carbocycles. The van der Waals surface area contributed by atoms with Crippen molar-refractivity contribution in [3.63, 3.8) is 0 Å². The van der Waals surface area contributed by atoms with Gasteiger partial charge >= 0.3 is 0 Å². The fourth-order valence-corrected chi connectivity index (χ4v) is 0.891. The van der Waals surface area contributed by atoms with E-state index in [-0.39, 0.29) is 0 Å². The molecule has 0 unspecified atom stereocenters. The van der Waals surface area contributed by atoms with E-state index < -0.39 is 0 Å². The Morgan fingerprint density at radius 3 is 2.27 bits per heavy atom. The summed E-state index contributed by atoms with van der Waals surface area (Å²) < 4.78 is 0. The number of allylic oxidation sites excluding steroid dienone is 1. The first-order valence-corrected chi connectivity index (χ1v) is 3.66. The van der Waals surface area contributed by atoms with Crippen molar-refractivity contribution in [3.05, 3.63) is 41.5 Å². The minimum absolute atomic E-state index is 0.338. The average molecular weight is 148 g/mol. The average Bonchev–Trinajstić information content (AvgIpc) is 2.05. The molecule has 1 aromatic rings. The Kier molecular flexibility index (Phi) is 2.32. The summed E-state index contributed by atoms with van der Waals surface area (Å²) in [5.74, 6) is 0.338. The van der Waals surface area contributed by atoms with Crippen molar-refractivity contribution >= 4 is 5.76 Å². The van der Waals surface area contributed by atoms with Crippen LogP contribution in [0.1, 0.15) is 18.1 Å². The lowest BCUT2D eigenvalue weighted by Crippen LogP contribution is -1.81. The number of benzene rings is 1. The Balaban J connectivity index is 2.99. The normalized spacial score (nSPS) is 11.6. The molecule has 0 aliphatic rings. The van der Waals surface area contributed by atoms with Crippen LogP contribution in [0.3, 0.4) is 0 Å². The van der Waals surface area contributed by atoms with Gasteiger partial charge in [0.05, 0.1) is 0 Å². The van der Waals surface area contributed by atoms with Crippen LogP contribution in [0.25, 0.3) is 5.76 Å². The van der Waals surface area contributed by atoms with Gasteiger partial charge in [-0.05, 0) is 19.9 Å². The zero-order valence-electron chi connectivity index (χ0n) is 6.83. The fourth-order valence-electron chi connectivity index (χ4n) is 0.891. The summed E-state index contributed by atoms with van der Waals surface area (Å²) in [6.07, 6.45) is 1.69. The Morgan fingerprint density at radius 2 is 1.82 bits per heavy atom. The molecular weight excluding hydrogens is 136 g/mol. The highest BCUT2D eigenvalue weighted by atomic mass is 16.3. The summed E-state index contributed by atoms with van der Waals surface area (Å²) in [7, 11) is 0. The number of hydrogen-bond donors (Lipinski definition) is 1. The Bertz CT molecular complexity index is 257. The highest BCUT2D eigenvalue weighted by molar-refractivity contribution is 5.57. The Morgan fingerprint density at radius 1 is 1.27 bits per heavy atom. The van der Waals surface area contributed by atoms with E-state index in [1.54, 1.807) is 6.08 Å². The molecule has 0 saturated carbocycles. The highest BCUT2D eigenvalue weighted by Crippen LogP contribution is 2.11. The van der Waals surface area contributed by atoms with Gasteiger partial charge in [0.25, 0.3) is 0 Å². The maximum Gasteiger partial charge on any atom is 0.118 e. The van der Waals surface area contributed by atoms with Crippen LogP contribution in [0.2, 0.25) is 0 Å². The molecule has 0 heterocycles. The van der Waals surface area contributed by atoms with Crippen LogP contribution in [0.5, 0.6) is 0 Å². The van der Waals surface area contributed by atoms with E-state index in [1.807, 2.05) is 38.1 Å². The van der Waals surface area contributed by atoms with Crippen LogP contribution >= 0.6 is 0 Å². The second kappa shape index (κ2) is 3.24. The SMILES string of the molecule is CC=C(O)c1ccc(C)cc1. The first kappa shape index (κ1) is 7.86. The molecule has 0 spiro atoms. The van der Waals surface area contributed by atoms with Crippen molar-refractivity contribution in [3.8, 4) is 0 Å². The van der Waals surface area contributed by atoms with Gasteiger partial charge in [-0.15, -0.1) is 0 Å². The molecule has 0 bridgehead atoms. The third-order valence-electron chi connectivity index (χ3n) is 1.62. The molecule has 1 N–H and O–H groups in total. The fraction of sp³-hybridized carbons (Fsp3) is 0.200. The minimum atomic E-state index is 0.338. The van der Waals surface area contributed by atoms with Crippen LogP contribution in [-0.4, -0.2) is 5.11 Å². The van der Waals surface area contributed by atoms with Gasteiger partial charge in [-0.2, -0.15) is 0 Å². The summed E-state index contributed by atoms with van der Waals surface area (Å²) in [5, 5.41) is 9.28. The van der Waals surface area contributed by atoms with Gasteiger partial charge in [-0.3, -0.25) is 0 Å².